The van der Waals surface area contributed by atoms with E-state index in [0.29, 0.717) is 38.4 Å². The number of fused-ring (bicyclic) bond motifs is 1. The third kappa shape index (κ3) is 4.44. The van der Waals surface area contributed by atoms with Crippen molar-refractivity contribution in [3.8, 4) is 22.6 Å². The molecule has 2 heterocycles. The monoisotopic (exact) mass is 485 g/mol. The second kappa shape index (κ2) is 9.51. The molecule has 34 heavy (non-hydrogen) atoms. The minimum Gasteiger partial charge on any atom is -0.455 e. The summed E-state index contributed by atoms with van der Waals surface area (Å²) < 4.78 is 5.79. The van der Waals surface area contributed by atoms with Crippen LogP contribution in [0.5, 0.6) is 0 Å². The molecule has 1 N–H and O–H groups in total. The summed E-state index contributed by atoms with van der Waals surface area (Å²) in [6.45, 7) is 0. The number of hydrazone groups is 1. The smallest absolute Gasteiger partial charge is 0.272 e. The van der Waals surface area contributed by atoms with Crippen LogP contribution in [0.25, 0.3) is 33.5 Å². The van der Waals surface area contributed by atoms with E-state index >= 15 is 0 Å². The lowest BCUT2D eigenvalue weighted by molar-refractivity contribution is 0.0956. The molecule has 0 fully saturated rings. The van der Waals surface area contributed by atoms with Crippen molar-refractivity contribution in [2.75, 3.05) is 0 Å². The van der Waals surface area contributed by atoms with Gasteiger partial charge in [-0.25, -0.2) is 10.4 Å². The van der Waals surface area contributed by atoms with Gasteiger partial charge < -0.3 is 4.42 Å². The molecule has 7 heteroatoms. The normalized spacial score (nSPS) is 11.2. The summed E-state index contributed by atoms with van der Waals surface area (Å²) in [5.74, 6) is 0.653. The van der Waals surface area contributed by atoms with Crippen LogP contribution in [0, 0.1) is 0 Å². The van der Waals surface area contributed by atoms with Crippen molar-refractivity contribution in [3.05, 3.63) is 112 Å². The molecule has 0 bridgehead atoms. The van der Waals surface area contributed by atoms with Crippen LogP contribution in [0.3, 0.4) is 0 Å². The number of amides is 1. The summed E-state index contributed by atoms with van der Waals surface area (Å²) in [4.78, 5) is 17.7. The van der Waals surface area contributed by atoms with Crippen molar-refractivity contribution in [1.82, 2.24) is 10.4 Å². The van der Waals surface area contributed by atoms with E-state index in [0.717, 1.165) is 16.5 Å². The number of aromatic nitrogens is 1. The molecule has 0 radical (unpaired) electrons. The molecular weight excluding hydrogens is 469 g/mol. The second-order valence-electron chi connectivity index (χ2n) is 7.44. The van der Waals surface area contributed by atoms with Gasteiger partial charge in [0, 0.05) is 16.5 Å². The summed E-state index contributed by atoms with van der Waals surface area (Å²) in [7, 11) is 0. The number of pyridine rings is 1. The Hall–Kier alpha value is -3.93. The standard InChI is InChI=1S/C27H17Cl2N3O2/c28-22-11-6-10-20(26(22)29)25-14-13-18(34-25)16-30-32-27(33)21-15-24(17-7-2-1-3-8-17)31-23-12-5-4-9-19(21)23/h1-16H,(H,32,33)/b30-16-. The largest absolute Gasteiger partial charge is 0.455 e. The summed E-state index contributed by atoms with van der Waals surface area (Å²) in [6.07, 6.45) is 1.43. The van der Waals surface area contributed by atoms with Gasteiger partial charge in [0.1, 0.15) is 11.5 Å². The number of rotatable bonds is 5. The van der Waals surface area contributed by atoms with E-state index in [2.05, 4.69) is 10.5 Å². The first-order chi connectivity index (χ1) is 16.6. The van der Waals surface area contributed by atoms with Crippen molar-refractivity contribution < 1.29 is 9.21 Å². The maximum absolute atomic E-state index is 13.0. The quantitative estimate of drug-likeness (QED) is 0.211. The predicted octanol–water partition coefficient (Wildman–Crippen LogP) is 7.23. The van der Waals surface area contributed by atoms with Gasteiger partial charge in [0.2, 0.25) is 0 Å². The van der Waals surface area contributed by atoms with Gasteiger partial charge in [0.25, 0.3) is 5.91 Å². The Morgan fingerprint density at radius 1 is 0.912 bits per heavy atom. The minimum atomic E-state index is -0.350. The number of benzene rings is 3. The summed E-state index contributed by atoms with van der Waals surface area (Å²) in [6, 6.07) is 27.8. The number of furan rings is 1. The lowest BCUT2D eigenvalue weighted by Crippen LogP contribution is -2.18. The maximum atomic E-state index is 13.0. The molecular formula is C27H17Cl2N3O2. The fourth-order valence-electron chi connectivity index (χ4n) is 3.60. The van der Waals surface area contributed by atoms with E-state index in [4.69, 9.17) is 32.6 Å². The van der Waals surface area contributed by atoms with Crippen molar-refractivity contribution in [2.24, 2.45) is 5.10 Å². The average Bonchev–Trinajstić information content (AvgIpc) is 3.34. The van der Waals surface area contributed by atoms with Gasteiger partial charge in [-0.3, -0.25) is 4.79 Å². The molecule has 0 saturated carbocycles. The first-order valence-corrected chi connectivity index (χ1v) is 11.2. The third-order valence-electron chi connectivity index (χ3n) is 5.23. The SMILES string of the molecule is O=C(N/N=C\c1ccc(-c2cccc(Cl)c2Cl)o1)c1cc(-c2ccccc2)nc2ccccc12. The molecule has 0 unspecified atom stereocenters. The van der Waals surface area contributed by atoms with Crippen LogP contribution in [0.1, 0.15) is 16.1 Å². The number of hydrogen-bond donors (Lipinski definition) is 1. The highest BCUT2D eigenvalue weighted by Crippen LogP contribution is 2.34. The molecule has 0 aliphatic heterocycles. The van der Waals surface area contributed by atoms with Gasteiger partial charge in [-0.2, -0.15) is 5.10 Å². The van der Waals surface area contributed by atoms with Crippen molar-refractivity contribution in [2.45, 2.75) is 0 Å². The van der Waals surface area contributed by atoms with Gasteiger partial charge in [0.15, 0.2) is 0 Å². The lowest BCUT2D eigenvalue weighted by Gasteiger charge is -2.09. The molecule has 0 aliphatic rings. The molecule has 0 aliphatic carbocycles. The van der Waals surface area contributed by atoms with Crippen LogP contribution in [-0.2, 0) is 0 Å². The minimum absolute atomic E-state index is 0.350. The van der Waals surface area contributed by atoms with Crippen molar-refractivity contribution >= 4 is 46.2 Å². The predicted molar refractivity (Wildman–Crippen MR) is 136 cm³/mol. The zero-order valence-corrected chi connectivity index (χ0v) is 19.2. The van der Waals surface area contributed by atoms with Gasteiger partial charge in [-0.15, -0.1) is 0 Å². The molecule has 3 aromatic carbocycles. The third-order valence-corrected chi connectivity index (χ3v) is 6.05. The van der Waals surface area contributed by atoms with E-state index in [9.17, 15) is 4.79 Å². The topological polar surface area (TPSA) is 67.5 Å². The van der Waals surface area contributed by atoms with Gasteiger partial charge in [0.05, 0.1) is 33.0 Å². The van der Waals surface area contributed by atoms with Crippen LogP contribution >= 0.6 is 23.2 Å². The van der Waals surface area contributed by atoms with Crippen LogP contribution in [0.15, 0.2) is 101 Å². The zero-order valence-electron chi connectivity index (χ0n) is 17.7. The first kappa shape index (κ1) is 21.9. The molecule has 0 saturated heterocycles. The van der Waals surface area contributed by atoms with Gasteiger partial charge in [-0.1, -0.05) is 77.8 Å². The van der Waals surface area contributed by atoms with Gasteiger partial charge >= 0.3 is 0 Å². The number of nitrogens with zero attached hydrogens (tertiary/aromatic N) is 2. The second-order valence-corrected chi connectivity index (χ2v) is 8.23. The number of nitrogens with one attached hydrogen (secondary N) is 1. The zero-order chi connectivity index (χ0) is 23.5. The first-order valence-electron chi connectivity index (χ1n) is 10.4. The molecule has 5 aromatic rings. The highest BCUT2D eigenvalue weighted by atomic mass is 35.5. The fraction of sp³-hybridized carbons (Fsp3) is 0. The molecule has 5 nitrogen and oxygen atoms in total. The van der Waals surface area contributed by atoms with Crippen molar-refractivity contribution in [3.63, 3.8) is 0 Å². The molecule has 5 rings (SSSR count). The van der Waals surface area contributed by atoms with Crippen molar-refractivity contribution in [1.29, 1.82) is 0 Å². The Labute approximate surface area is 205 Å². The molecule has 0 spiro atoms. The summed E-state index contributed by atoms with van der Waals surface area (Å²) >= 11 is 12.4. The van der Waals surface area contributed by atoms with E-state index in [1.54, 1.807) is 30.3 Å². The van der Waals surface area contributed by atoms with E-state index in [-0.39, 0.29) is 5.91 Å². The van der Waals surface area contributed by atoms with Gasteiger partial charge in [-0.05, 0) is 36.4 Å². The molecule has 1 amide bonds. The van der Waals surface area contributed by atoms with Crippen LogP contribution in [0.4, 0.5) is 0 Å². The van der Waals surface area contributed by atoms with Crippen LogP contribution in [-0.4, -0.2) is 17.1 Å². The van der Waals surface area contributed by atoms with E-state index in [1.807, 2.05) is 60.7 Å². The fourth-order valence-corrected chi connectivity index (χ4v) is 3.99. The number of carbonyl (C=O) groups excluding carboxylic acids is 1. The molecule has 166 valence electrons. The Balaban J connectivity index is 1.39. The Bertz CT molecular complexity index is 1530. The summed E-state index contributed by atoms with van der Waals surface area (Å²) in [5.41, 5.74) is 6.10. The average molecular weight is 486 g/mol. The van der Waals surface area contributed by atoms with E-state index in [1.165, 1.54) is 6.21 Å². The number of hydrogen-bond acceptors (Lipinski definition) is 4. The van der Waals surface area contributed by atoms with E-state index < -0.39 is 0 Å². The summed E-state index contributed by atoms with van der Waals surface area (Å²) in [5, 5.41) is 5.67. The van der Waals surface area contributed by atoms with Crippen LogP contribution < -0.4 is 5.43 Å². The lowest BCUT2D eigenvalue weighted by atomic mass is 10.0. The highest BCUT2D eigenvalue weighted by molar-refractivity contribution is 6.43. The Kier molecular flexibility index (Phi) is 6.12. The number of para-hydroxylation sites is 1. The Morgan fingerprint density at radius 3 is 2.56 bits per heavy atom. The molecule has 0 atom stereocenters. The number of halogens is 2. The number of carbonyl (C=O) groups is 1. The Morgan fingerprint density at radius 2 is 1.71 bits per heavy atom. The highest BCUT2D eigenvalue weighted by Gasteiger charge is 2.14. The maximum Gasteiger partial charge on any atom is 0.272 e. The molecule has 2 aromatic heterocycles. The van der Waals surface area contributed by atoms with Crippen LogP contribution in [0.2, 0.25) is 10.0 Å².